The molecule has 0 saturated heterocycles. The van der Waals surface area contributed by atoms with Gasteiger partial charge in [0.1, 0.15) is 0 Å². The van der Waals surface area contributed by atoms with Crippen molar-refractivity contribution in [1.82, 2.24) is 15.5 Å². The normalized spacial score (nSPS) is 12.8. The number of aromatic hydroxyl groups is 1. The molecule has 0 saturated carbocycles. The molecule has 1 aromatic rings. The predicted octanol–water partition coefficient (Wildman–Crippen LogP) is 2.58. The number of phenolic OH excluding ortho intramolecular Hbond substituents is 1. The summed E-state index contributed by atoms with van der Waals surface area (Å²) in [6.45, 7) is 10.4. The summed E-state index contributed by atoms with van der Waals surface area (Å²) >= 11 is 0. The highest BCUT2D eigenvalue weighted by atomic mass is 16.5. The lowest BCUT2D eigenvalue weighted by molar-refractivity contribution is 0.292. The van der Waals surface area contributed by atoms with Crippen molar-refractivity contribution in [2.45, 2.75) is 46.2 Å². The smallest absolute Gasteiger partial charge is 0.200 e. The zero-order chi connectivity index (χ0) is 20.2. The van der Waals surface area contributed by atoms with E-state index >= 15 is 0 Å². The van der Waals surface area contributed by atoms with Crippen molar-refractivity contribution in [3.8, 4) is 17.2 Å². The van der Waals surface area contributed by atoms with Crippen LogP contribution in [0.15, 0.2) is 17.1 Å². The number of phenols is 1. The van der Waals surface area contributed by atoms with Crippen LogP contribution in [0.1, 0.15) is 39.2 Å². The van der Waals surface area contributed by atoms with Gasteiger partial charge in [0.05, 0.1) is 14.2 Å². The van der Waals surface area contributed by atoms with Crippen LogP contribution in [0.3, 0.4) is 0 Å². The van der Waals surface area contributed by atoms with Crippen LogP contribution in [0.2, 0.25) is 0 Å². The number of rotatable bonds is 11. The Balaban J connectivity index is 2.55. The molecule has 154 valence electrons. The average Bonchev–Trinajstić information content (AvgIpc) is 2.69. The molecule has 1 unspecified atom stereocenters. The molecule has 0 amide bonds. The lowest BCUT2D eigenvalue weighted by atomic mass is 10.1. The second-order valence-electron chi connectivity index (χ2n) is 6.49. The Morgan fingerprint density at radius 3 is 2.26 bits per heavy atom. The molecule has 0 aliphatic heterocycles. The van der Waals surface area contributed by atoms with Crippen molar-refractivity contribution >= 4 is 5.96 Å². The van der Waals surface area contributed by atoms with E-state index < -0.39 is 0 Å². The number of benzene rings is 1. The van der Waals surface area contributed by atoms with Crippen LogP contribution in [0.5, 0.6) is 17.2 Å². The van der Waals surface area contributed by atoms with E-state index in [1.807, 2.05) is 0 Å². The lowest BCUT2D eigenvalue weighted by Gasteiger charge is -2.21. The highest BCUT2D eigenvalue weighted by Gasteiger charge is 2.12. The highest BCUT2D eigenvalue weighted by Crippen LogP contribution is 2.36. The minimum Gasteiger partial charge on any atom is -0.502 e. The molecule has 0 spiro atoms. The van der Waals surface area contributed by atoms with E-state index in [9.17, 15) is 5.11 Å². The maximum absolute atomic E-state index is 10.0. The van der Waals surface area contributed by atoms with E-state index in [2.05, 4.69) is 41.3 Å². The number of guanidine groups is 1. The molecule has 7 nitrogen and oxygen atoms in total. The van der Waals surface area contributed by atoms with E-state index in [0.29, 0.717) is 24.1 Å². The molecule has 27 heavy (non-hydrogen) atoms. The van der Waals surface area contributed by atoms with Crippen LogP contribution in [0.25, 0.3) is 0 Å². The largest absolute Gasteiger partial charge is 0.502 e. The third-order valence-electron chi connectivity index (χ3n) is 4.61. The van der Waals surface area contributed by atoms with Crippen molar-refractivity contribution in [3.63, 3.8) is 0 Å². The van der Waals surface area contributed by atoms with Crippen LogP contribution in [0.4, 0.5) is 0 Å². The summed E-state index contributed by atoms with van der Waals surface area (Å²) in [5, 5.41) is 16.7. The summed E-state index contributed by atoms with van der Waals surface area (Å²) in [7, 11) is 4.80. The summed E-state index contributed by atoms with van der Waals surface area (Å²) in [5.74, 6) is 1.53. The fourth-order valence-corrected chi connectivity index (χ4v) is 2.90. The van der Waals surface area contributed by atoms with Crippen molar-refractivity contribution in [3.05, 3.63) is 17.7 Å². The number of hydrogen-bond acceptors (Lipinski definition) is 5. The first-order valence-electron chi connectivity index (χ1n) is 9.62. The van der Waals surface area contributed by atoms with Gasteiger partial charge in [-0.1, -0.05) is 13.8 Å². The molecule has 0 aromatic heterocycles. The third-order valence-corrected chi connectivity index (χ3v) is 4.61. The first-order valence-corrected chi connectivity index (χ1v) is 9.62. The van der Waals surface area contributed by atoms with E-state index in [0.717, 1.165) is 44.0 Å². The van der Waals surface area contributed by atoms with Crippen molar-refractivity contribution in [2.75, 3.05) is 40.9 Å². The standard InChI is InChI=1S/C20H36N4O3/c1-7-24(8-2)11-9-10-15(3)23-20(21-4)22-14-16-12-17(26-5)19(25)18(13-16)27-6/h12-13,15,25H,7-11,14H2,1-6H3,(H2,21,22,23). The molecule has 1 atom stereocenters. The number of nitrogens with one attached hydrogen (secondary N) is 2. The summed E-state index contributed by atoms with van der Waals surface area (Å²) in [6.07, 6.45) is 2.23. The first kappa shape index (κ1) is 22.9. The van der Waals surface area contributed by atoms with E-state index in [-0.39, 0.29) is 5.75 Å². The maximum Gasteiger partial charge on any atom is 0.200 e. The Morgan fingerprint density at radius 1 is 1.19 bits per heavy atom. The third kappa shape index (κ3) is 7.54. The maximum atomic E-state index is 10.0. The van der Waals surface area contributed by atoms with Gasteiger partial charge >= 0.3 is 0 Å². The van der Waals surface area contributed by atoms with E-state index in [4.69, 9.17) is 9.47 Å². The Hall–Kier alpha value is -2.15. The predicted molar refractivity (Wildman–Crippen MR) is 111 cm³/mol. The summed E-state index contributed by atoms with van der Waals surface area (Å²) in [4.78, 5) is 6.73. The first-order chi connectivity index (χ1) is 13.0. The second-order valence-corrected chi connectivity index (χ2v) is 6.49. The number of methoxy groups -OCH3 is 2. The monoisotopic (exact) mass is 380 g/mol. The minimum absolute atomic E-state index is 0.00748. The molecule has 1 rings (SSSR count). The van der Waals surface area contributed by atoms with Crippen LogP contribution < -0.4 is 20.1 Å². The van der Waals surface area contributed by atoms with E-state index in [1.165, 1.54) is 14.2 Å². The quantitative estimate of drug-likeness (QED) is 0.405. The zero-order valence-corrected chi connectivity index (χ0v) is 17.6. The Morgan fingerprint density at radius 2 is 1.78 bits per heavy atom. The molecule has 0 bridgehead atoms. The van der Waals surface area contributed by atoms with Gasteiger partial charge in [-0.2, -0.15) is 0 Å². The molecule has 3 N–H and O–H groups in total. The van der Waals surface area contributed by atoms with Gasteiger partial charge in [-0.25, -0.2) is 0 Å². The van der Waals surface area contributed by atoms with Gasteiger partial charge in [-0.05, 0) is 57.1 Å². The average molecular weight is 381 g/mol. The molecule has 7 heteroatoms. The van der Waals surface area contributed by atoms with Crippen molar-refractivity contribution in [2.24, 2.45) is 4.99 Å². The SMILES string of the molecule is CCN(CC)CCCC(C)NC(=NC)NCc1cc(OC)c(O)c(OC)c1. The highest BCUT2D eigenvalue weighted by molar-refractivity contribution is 5.79. The number of ether oxygens (including phenoxy) is 2. The fourth-order valence-electron chi connectivity index (χ4n) is 2.90. The van der Waals surface area contributed by atoms with Crippen LogP contribution in [-0.2, 0) is 6.54 Å². The number of nitrogens with zero attached hydrogens (tertiary/aromatic N) is 2. The summed E-state index contributed by atoms with van der Waals surface area (Å²) in [5.41, 5.74) is 0.929. The van der Waals surface area contributed by atoms with Gasteiger partial charge in [0, 0.05) is 19.6 Å². The fraction of sp³-hybridized carbons (Fsp3) is 0.650. The Kier molecular flexibility index (Phi) is 10.4. The van der Waals surface area contributed by atoms with Crippen LogP contribution in [-0.4, -0.2) is 62.9 Å². The summed E-state index contributed by atoms with van der Waals surface area (Å²) < 4.78 is 10.4. The zero-order valence-electron chi connectivity index (χ0n) is 17.6. The summed E-state index contributed by atoms with van der Waals surface area (Å²) in [6, 6.07) is 3.90. The number of hydrogen-bond donors (Lipinski definition) is 3. The van der Waals surface area contributed by atoms with Gasteiger partial charge in [-0.15, -0.1) is 0 Å². The van der Waals surface area contributed by atoms with Crippen molar-refractivity contribution in [1.29, 1.82) is 0 Å². The Bertz CT molecular complexity index is 564. The topological polar surface area (TPSA) is 78.4 Å². The molecule has 0 aliphatic rings. The lowest BCUT2D eigenvalue weighted by Crippen LogP contribution is -2.42. The van der Waals surface area contributed by atoms with Crippen LogP contribution in [0, 0.1) is 0 Å². The van der Waals surface area contributed by atoms with Gasteiger partial charge in [0.2, 0.25) is 5.75 Å². The molecule has 1 aromatic carbocycles. The molecule has 0 radical (unpaired) electrons. The molecular formula is C20H36N4O3. The Labute approximate surface area is 163 Å². The molecule has 0 aliphatic carbocycles. The van der Waals surface area contributed by atoms with Gasteiger partial charge in [0.15, 0.2) is 17.5 Å². The van der Waals surface area contributed by atoms with Gasteiger partial charge < -0.3 is 30.1 Å². The molecule has 0 fully saturated rings. The van der Waals surface area contributed by atoms with Gasteiger partial charge in [0.25, 0.3) is 0 Å². The second kappa shape index (κ2) is 12.3. The van der Waals surface area contributed by atoms with E-state index in [1.54, 1.807) is 19.2 Å². The van der Waals surface area contributed by atoms with Crippen LogP contribution >= 0.6 is 0 Å². The van der Waals surface area contributed by atoms with Gasteiger partial charge in [-0.3, -0.25) is 4.99 Å². The minimum atomic E-state index is 0.00748. The molecule has 0 heterocycles. The van der Waals surface area contributed by atoms with Crippen molar-refractivity contribution < 1.29 is 14.6 Å². The molecular weight excluding hydrogens is 344 g/mol. The number of aliphatic imine (C=N–C) groups is 1.